The Morgan fingerprint density at radius 2 is 1.53 bits per heavy atom. The number of pyridine rings is 1. The van der Waals surface area contributed by atoms with Crippen molar-refractivity contribution in [1.29, 1.82) is 0 Å². The quantitative estimate of drug-likeness (QED) is 0.577. The van der Waals surface area contributed by atoms with Crippen LogP contribution < -0.4 is 4.31 Å². The predicted molar refractivity (Wildman–Crippen MR) is 124 cm³/mol. The highest BCUT2D eigenvalue weighted by Gasteiger charge is 2.24. The van der Waals surface area contributed by atoms with Gasteiger partial charge in [-0.05, 0) is 54.1 Å². The molecule has 0 atom stereocenters. The minimum Gasteiger partial charge on any atom is -0.336 e. The van der Waals surface area contributed by atoms with E-state index < -0.39 is 10.0 Å². The number of piperazine rings is 1. The molecule has 0 unspecified atom stereocenters. The maximum absolute atomic E-state index is 12.9. The fraction of sp³-hybridized carbons (Fsp3) is 0.250. The number of benzene rings is 2. The Bertz CT molecular complexity index is 1140. The van der Waals surface area contributed by atoms with Gasteiger partial charge in [0.1, 0.15) is 0 Å². The van der Waals surface area contributed by atoms with Gasteiger partial charge in [0, 0.05) is 57.7 Å². The molecule has 32 heavy (non-hydrogen) atoms. The zero-order valence-corrected chi connectivity index (χ0v) is 18.8. The van der Waals surface area contributed by atoms with Crippen molar-refractivity contribution in [3.05, 3.63) is 90.3 Å². The highest BCUT2D eigenvalue weighted by molar-refractivity contribution is 7.92. The molecule has 2 aromatic carbocycles. The van der Waals surface area contributed by atoms with Gasteiger partial charge in [0.15, 0.2) is 0 Å². The van der Waals surface area contributed by atoms with Crippen LogP contribution in [-0.4, -0.2) is 62.3 Å². The third-order valence-corrected chi connectivity index (χ3v) is 7.49. The highest BCUT2D eigenvalue weighted by atomic mass is 32.2. The van der Waals surface area contributed by atoms with Crippen LogP contribution in [0.2, 0.25) is 0 Å². The Hall–Kier alpha value is -3.23. The second-order valence-electron chi connectivity index (χ2n) is 7.76. The molecule has 0 radical (unpaired) electrons. The minimum atomic E-state index is -3.70. The Labute approximate surface area is 189 Å². The number of amides is 1. The molecule has 4 rings (SSSR count). The molecule has 1 saturated heterocycles. The van der Waals surface area contributed by atoms with E-state index in [0.29, 0.717) is 24.3 Å². The van der Waals surface area contributed by atoms with Crippen molar-refractivity contribution in [1.82, 2.24) is 14.8 Å². The minimum absolute atomic E-state index is 0.0751. The predicted octanol–water partition coefficient (Wildman–Crippen LogP) is 2.86. The molecular weight excluding hydrogens is 424 g/mol. The normalized spacial score (nSPS) is 14.8. The van der Waals surface area contributed by atoms with Crippen LogP contribution in [0.5, 0.6) is 0 Å². The lowest BCUT2D eigenvalue weighted by Crippen LogP contribution is -2.48. The molecule has 0 aliphatic carbocycles. The summed E-state index contributed by atoms with van der Waals surface area (Å²) in [7, 11) is -2.18. The summed E-state index contributed by atoms with van der Waals surface area (Å²) >= 11 is 0. The molecule has 3 aromatic rings. The Morgan fingerprint density at radius 1 is 0.906 bits per heavy atom. The summed E-state index contributed by atoms with van der Waals surface area (Å²) in [4.78, 5) is 21.3. The molecule has 166 valence electrons. The smallest absolute Gasteiger partial charge is 0.264 e. The van der Waals surface area contributed by atoms with E-state index in [4.69, 9.17) is 0 Å². The van der Waals surface area contributed by atoms with Gasteiger partial charge in [0.25, 0.3) is 15.9 Å². The van der Waals surface area contributed by atoms with Crippen LogP contribution >= 0.6 is 0 Å². The summed E-state index contributed by atoms with van der Waals surface area (Å²) < 4.78 is 27.1. The van der Waals surface area contributed by atoms with Crippen molar-refractivity contribution in [3.63, 3.8) is 0 Å². The van der Waals surface area contributed by atoms with Crippen molar-refractivity contribution in [3.8, 4) is 0 Å². The first-order chi connectivity index (χ1) is 15.4. The van der Waals surface area contributed by atoms with Crippen LogP contribution in [0.4, 0.5) is 5.69 Å². The van der Waals surface area contributed by atoms with Gasteiger partial charge in [-0.3, -0.25) is 19.0 Å². The van der Waals surface area contributed by atoms with E-state index in [1.165, 1.54) is 29.0 Å². The van der Waals surface area contributed by atoms with Crippen LogP contribution in [0.1, 0.15) is 15.9 Å². The average Bonchev–Trinajstić information content (AvgIpc) is 2.85. The summed E-state index contributed by atoms with van der Waals surface area (Å²) in [5.74, 6) is -0.0751. The molecule has 0 bridgehead atoms. The molecule has 0 N–H and O–H groups in total. The number of sulfonamides is 1. The zero-order chi connectivity index (χ0) is 22.6. The molecule has 1 aromatic heterocycles. The van der Waals surface area contributed by atoms with E-state index >= 15 is 0 Å². The Kier molecular flexibility index (Phi) is 6.53. The maximum atomic E-state index is 12.9. The van der Waals surface area contributed by atoms with Crippen LogP contribution in [0.15, 0.2) is 84.0 Å². The van der Waals surface area contributed by atoms with Gasteiger partial charge in [-0.2, -0.15) is 0 Å². The molecular formula is C24H26N4O3S. The summed E-state index contributed by atoms with van der Waals surface area (Å²) in [6, 6.07) is 19.1. The van der Waals surface area contributed by atoms with E-state index in [0.717, 1.165) is 19.6 Å². The molecule has 0 saturated carbocycles. The topological polar surface area (TPSA) is 73.8 Å². The molecule has 1 fully saturated rings. The molecule has 7 nitrogen and oxygen atoms in total. The van der Waals surface area contributed by atoms with Crippen LogP contribution in [0.25, 0.3) is 0 Å². The third kappa shape index (κ3) is 4.81. The largest absolute Gasteiger partial charge is 0.336 e. The van der Waals surface area contributed by atoms with E-state index in [1.54, 1.807) is 48.8 Å². The molecule has 2 heterocycles. The van der Waals surface area contributed by atoms with Crippen molar-refractivity contribution < 1.29 is 13.2 Å². The lowest BCUT2D eigenvalue weighted by atomic mass is 10.1. The van der Waals surface area contributed by atoms with Gasteiger partial charge in [-0.15, -0.1) is 0 Å². The zero-order valence-electron chi connectivity index (χ0n) is 18.0. The molecule has 1 aliphatic rings. The molecule has 1 aliphatic heterocycles. The monoisotopic (exact) mass is 450 g/mol. The van der Waals surface area contributed by atoms with Crippen molar-refractivity contribution in [2.45, 2.75) is 11.4 Å². The SMILES string of the molecule is CN(c1ccccc1)S(=O)(=O)c1ccc(C(=O)N2CCN(Cc3ccncc3)CC2)cc1. The highest BCUT2D eigenvalue weighted by Crippen LogP contribution is 2.22. The second-order valence-corrected chi connectivity index (χ2v) is 9.73. The van der Waals surface area contributed by atoms with Gasteiger partial charge in [0.2, 0.25) is 0 Å². The van der Waals surface area contributed by atoms with Crippen LogP contribution in [-0.2, 0) is 16.6 Å². The maximum Gasteiger partial charge on any atom is 0.264 e. The lowest BCUT2D eigenvalue weighted by Gasteiger charge is -2.34. The summed E-state index contributed by atoms with van der Waals surface area (Å²) in [6.07, 6.45) is 3.58. The number of para-hydroxylation sites is 1. The summed E-state index contributed by atoms with van der Waals surface area (Å²) in [5, 5.41) is 0. The number of anilines is 1. The second kappa shape index (κ2) is 9.50. The van der Waals surface area contributed by atoms with Crippen molar-refractivity contribution in [2.24, 2.45) is 0 Å². The first-order valence-electron chi connectivity index (χ1n) is 10.5. The Balaban J connectivity index is 1.38. The van der Waals surface area contributed by atoms with Gasteiger partial charge < -0.3 is 4.90 Å². The lowest BCUT2D eigenvalue weighted by molar-refractivity contribution is 0.0628. The van der Waals surface area contributed by atoms with Crippen molar-refractivity contribution >= 4 is 21.6 Å². The number of carbonyl (C=O) groups is 1. The number of aromatic nitrogens is 1. The molecule has 1 amide bonds. The summed E-state index contributed by atoms with van der Waals surface area (Å²) in [5.41, 5.74) is 2.28. The van der Waals surface area contributed by atoms with Gasteiger partial charge in [-0.25, -0.2) is 8.42 Å². The van der Waals surface area contributed by atoms with Gasteiger partial charge in [0.05, 0.1) is 10.6 Å². The third-order valence-electron chi connectivity index (χ3n) is 5.69. The summed E-state index contributed by atoms with van der Waals surface area (Å²) in [6.45, 7) is 3.71. The first kappa shape index (κ1) is 22.0. The average molecular weight is 451 g/mol. The van der Waals surface area contributed by atoms with Crippen molar-refractivity contribution in [2.75, 3.05) is 37.5 Å². The first-order valence-corrected chi connectivity index (χ1v) is 11.9. The Morgan fingerprint density at radius 3 is 2.16 bits per heavy atom. The van der Waals surface area contributed by atoms with Crippen LogP contribution in [0.3, 0.4) is 0 Å². The molecule has 0 spiro atoms. The number of carbonyl (C=O) groups excluding carboxylic acids is 1. The standard InChI is InChI=1S/C24H26N4O3S/c1-26(22-5-3-2-4-6-22)32(30,31)23-9-7-21(8-10-23)24(29)28-17-15-27(16-18-28)19-20-11-13-25-14-12-20/h2-14H,15-19H2,1H3. The number of hydrogen-bond acceptors (Lipinski definition) is 5. The van der Waals surface area contributed by atoms with Gasteiger partial charge >= 0.3 is 0 Å². The number of rotatable bonds is 6. The van der Waals surface area contributed by atoms with E-state index in [-0.39, 0.29) is 10.8 Å². The fourth-order valence-corrected chi connectivity index (χ4v) is 4.94. The van der Waals surface area contributed by atoms with Crippen LogP contribution in [0, 0.1) is 0 Å². The van der Waals surface area contributed by atoms with E-state index in [1.807, 2.05) is 23.1 Å². The van der Waals surface area contributed by atoms with E-state index in [9.17, 15) is 13.2 Å². The van der Waals surface area contributed by atoms with Gasteiger partial charge in [-0.1, -0.05) is 18.2 Å². The number of hydrogen-bond donors (Lipinski definition) is 0. The van der Waals surface area contributed by atoms with E-state index in [2.05, 4.69) is 9.88 Å². The molecule has 8 heteroatoms. The number of nitrogens with zero attached hydrogens (tertiary/aromatic N) is 4. The fourth-order valence-electron chi connectivity index (χ4n) is 3.74.